The topological polar surface area (TPSA) is 15.3 Å². The predicted molar refractivity (Wildman–Crippen MR) is 76.4 cm³/mol. The maximum atomic E-state index is 3.49. The predicted octanol–water partition coefficient (Wildman–Crippen LogP) is 3.13. The SMILES string of the molecule is CC(C)NCCN(C)CC1CCCCC1(C)C. The molecule has 2 heteroatoms. The summed E-state index contributed by atoms with van der Waals surface area (Å²) < 4.78 is 0. The highest BCUT2D eigenvalue weighted by Gasteiger charge is 2.32. The zero-order valence-electron chi connectivity index (χ0n) is 12.6. The molecule has 0 amide bonds. The first kappa shape index (κ1) is 15.0. The Balaban J connectivity index is 2.27. The Kier molecular flexibility index (Phi) is 5.94. The Morgan fingerprint density at radius 2 is 2.00 bits per heavy atom. The number of hydrogen-bond donors (Lipinski definition) is 1. The van der Waals surface area contributed by atoms with Crippen molar-refractivity contribution in [1.82, 2.24) is 10.2 Å². The quantitative estimate of drug-likeness (QED) is 0.767. The molecule has 0 heterocycles. The van der Waals surface area contributed by atoms with Crippen molar-refractivity contribution in [2.75, 3.05) is 26.7 Å². The molecule has 1 rings (SSSR count). The first-order valence-electron chi connectivity index (χ1n) is 7.34. The van der Waals surface area contributed by atoms with E-state index in [9.17, 15) is 0 Å². The molecular weight excluding hydrogens is 208 g/mol. The summed E-state index contributed by atoms with van der Waals surface area (Å²) >= 11 is 0. The van der Waals surface area contributed by atoms with Crippen LogP contribution in [0.25, 0.3) is 0 Å². The summed E-state index contributed by atoms with van der Waals surface area (Å²) in [6.45, 7) is 12.9. The van der Waals surface area contributed by atoms with E-state index in [0.29, 0.717) is 11.5 Å². The van der Waals surface area contributed by atoms with Gasteiger partial charge in [0.25, 0.3) is 0 Å². The minimum absolute atomic E-state index is 0.554. The molecule has 0 aliphatic heterocycles. The van der Waals surface area contributed by atoms with Gasteiger partial charge in [0.2, 0.25) is 0 Å². The Labute approximate surface area is 108 Å². The molecule has 0 spiro atoms. The van der Waals surface area contributed by atoms with E-state index in [4.69, 9.17) is 0 Å². The van der Waals surface area contributed by atoms with Gasteiger partial charge >= 0.3 is 0 Å². The van der Waals surface area contributed by atoms with Gasteiger partial charge < -0.3 is 10.2 Å². The molecule has 0 aromatic rings. The fourth-order valence-electron chi connectivity index (χ4n) is 2.92. The van der Waals surface area contributed by atoms with Gasteiger partial charge in [-0.1, -0.05) is 40.5 Å². The molecule has 0 radical (unpaired) electrons. The molecule has 1 unspecified atom stereocenters. The van der Waals surface area contributed by atoms with Crippen molar-refractivity contribution in [3.8, 4) is 0 Å². The third-order valence-corrected chi connectivity index (χ3v) is 4.31. The summed E-state index contributed by atoms with van der Waals surface area (Å²) in [5.41, 5.74) is 0.554. The lowest BCUT2D eigenvalue weighted by Gasteiger charge is -2.40. The molecule has 0 saturated heterocycles. The van der Waals surface area contributed by atoms with E-state index >= 15 is 0 Å². The fraction of sp³-hybridized carbons (Fsp3) is 1.00. The van der Waals surface area contributed by atoms with E-state index in [1.165, 1.54) is 38.8 Å². The molecule has 0 aromatic carbocycles. The highest BCUT2D eigenvalue weighted by molar-refractivity contribution is 4.84. The van der Waals surface area contributed by atoms with Crippen LogP contribution in [-0.4, -0.2) is 37.6 Å². The molecule has 1 aliphatic carbocycles. The Hall–Kier alpha value is -0.0800. The molecule has 1 aliphatic rings. The molecule has 1 atom stereocenters. The summed E-state index contributed by atoms with van der Waals surface area (Å²) in [6.07, 6.45) is 5.71. The molecule has 1 fully saturated rings. The molecule has 1 saturated carbocycles. The van der Waals surface area contributed by atoms with Crippen LogP contribution in [-0.2, 0) is 0 Å². The van der Waals surface area contributed by atoms with Crippen LogP contribution >= 0.6 is 0 Å². The summed E-state index contributed by atoms with van der Waals surface area (Å²) in [5, 5.41) is 3.49. The summed E-state index contributed by atoms with van der Waals surface area (Å²) in [6, 6.07) is 0.606. The highest BCUT2D eigenvalue weighted by atomic mass is 15.1. The van der Waals surface area contributed by atoms with Crippen molar-refractivity contribution in [1.29, 1.82) is 0 Å². The van der Waals surface area contributed by atoms with Crippen LogP contribution in [0.1, 0.15) is 53.4 Å². The average Bonchev–Trinajstić information content (AvgIpc) is 2.20. The van der Waals surface area contributed by atoms with Crippen LogP contribution in [0.2, 0.25) is 0 Å². The van der Waals surface area contributed by atoms with Crippen molar-refractivity contribution in [2.24, 2.45) is 11.3 Å². The molecule has 17 heavy (non-hydrogen) atoms. The van der Waals surface area contributed by atoms with E-state index in [-0.39, 0.29) is 0 Å². The maximum Gasteiger partial charge on any atom is 0.0104 e. The lowest BCUT2D eigenvalue weighted by atomic mass is 9.69. The number of hydrogen-bond acceptors (Lipinski definition) is 2. The third-order valence-electron chi connectivity index (χ3n) is 4.31. The van der Waals surface area contributed by atoms with Crippen molar-refractivity contribution in [2.45, 2.75) is 59.4 Å². The summed E-state index contributed by atoms with van der Waals surface area (Å²) in [4.78, 5) is 2.51. The van der Waals surface area contributed by atoms with Crippen LogP contribution in [0.3, 0.4) is 0 Å². The van der Waals surface area contributed by atoms with E-state index in [1.54, 1.807) is 0 Å². The number of nitrogens with one attached hydrogen (secondary N) is 1. The number of nitrogens with zero attached hydrogens (tertiary/aromatic N) is 1. The largest absolute Gasteiger partial charge is 0.313 e. The molecule has 102 valence electrons. The van der Waals surface area contributed by atoms with E-state index in [2.05, 4.69) is 45.0 Å². The molecular formula is C15H32N2. The minimum Gasteiger partial charge on any atom is -0.313 e. The zero-order chi connectivity index (χ0) is 12.9. The normalized spacial score (nSPS) is 24.5. The van der Waals surface area contributed by atoms with E-state index in [1.807, 2.05) is 0 Å². The molecule has 0 bridgehead atoms. The van der Waals surface area contributed by atoms with Crippen molar-refractivity contribution >= 4 is 0 Å². The zero-order valence-corrected chi connectivity index (χ0v) is 12.6. The van der Waals surface area contributed by atoms with Gasteiger partial charge in [0.05, 0.1) is 0 Å². The van der Waals surface area contributed by atoms with Crippen LogP contribution in [0.15, 0.2) is 0 Å². The second kappa shape index (κ2) is 6.75. The third kappa shape index (κ3) is 5.39. The first-order valence-corrected chi connectivity index (χ1v) is 7.34. The summed E-state index contributed by atoms with van der Waals surface area (Å²) in [5.74, 6) is 0.889. The van der Waals surface area contributed by atoms with Gasteiger partial charge in [0.1, 0.15) is 0 Å². The van der Waals surface area contributed by atoms with Gasteiger partial charge in [-0.15, -0.1) is 0 Å². The fourth-order valence-corrected chi connectivity index (χ4v) is 2.92. The second-order valence-corrected chi connectivity index (χ2v) is 6.80. The number of likely N-dealkylation sites (N-methyl/N-ethyl adjacent to an activating group) is 1. The lowest BCUT2D eigenvalue weighted by molar-refractivity contribution is 0.0997. The Bertz CT molecular complexity index is 211. The van der Waals surface area contributed by atoms with Gasteiger partial charge in [-0.05, 0) is 31.2 Å². The smallest absolute Gasteiger partial charge is 0.0104 e. The van der Waals surface area contributed by atoms with Crippen LogP contribution in [0.5, 0.6) is 0 Å². The Morgan fingerprint density at radius 1 is 1.29 bits per heavy atom. The number of rotatable bonds is 6. The van der Waals surface area contributed by atoms with Gasteiger partial charge in [-0.25, -0.2) is 0 Å². The maximum absolute atomic E-state index is 3.49. The van der Waals surface area contributed by atoms with Gasteiger partial charge in [0.15, 0.2) is 0 Å². The van der Waals surface area contributed by atoms with Crippen molar-refractivity contribution in [3.05, 3.63) is 0 Å². The van der Waals surface area contributed by atoms with Crippen LogP contribution in [0, 0.1) is 11.3 Å². The summed E-state index contributed by atoms with van der Waals surface area (Å²) in [7, 11) is 2.27. The molecule has 0 aromatic heterocycles. The average molecular weight is 240 g/mol. The Morgan fingerprint density at radius 3 is 2.59 bits per heavy atom. The standard InChI is InChI=1S/C15H32N2/c1-13(2)16-10-11-17(5)12-14-8-6-7-9-15(14,3)4/h13-14,16H,6-12H2,1-5H3. The van der Waals surface area contributed by atoms with E-state index < -0.39 is 0 Å². The monoisotopic (exact) mass is 240 g/mol. The van der Waals surface area contributed by atoms with Crippen molar-refractivity contribution in [3.63, 3.8) is 0 Å². The van der Waals surface area contributed by atoms with Crippen LogP contribution < -0.4 is 5.32 Å². The second-order valence-electron chi connectivity index (χ2n) is 6.80. The van der Waals surface area contributed by atoms with Gasteiger partial charge in [-0.3, -0.25) is 0 Å². The highest BCUT2D eigenvalue weighted by Crippen LogP contribution is 2.40. The molecule has 2 nitrogen and oxygen atoms in total. The lowest BCUT2D eigenvalue weighted by Crippen LogP contribution is -2.40. The van der Waals surface area contributed by atoms with Crippen LogP contribution in [0.4, 0.5) is 0 Å². The van der Waals surface area contributed by atoms with Gasteiger partial charge in [0, 0.05) is 25.7 Å². The van der Waals surface area contributed by atoms with Crippen molar-refractivity contribution < 1.29 is 0 Å². The molecule has 1 N–H and O–H groups in total. The van der Waals surface area contributed by atoms with E-state index in [0.717, 1.165) is 12.5 Å². The minimum atomic E-state index is 0.554. The van der Waals surface area contributed by atoms with Gasteiger partial charge in [-0.2, -0.15) is 0 Å². The first-order chi connectivity index (χ1) is 7.92.